The van der Waals surface area contributed by atoms with E-state index in [-0.39, 0.29) is 19.4 Å². The van der Waals surface area contributed by atoms with Gasteiger partial charge in [-0.25, -0.2) is 0 Å². The molecule has 0 unspecified atom stereocenters. The summed E-state index contributed by atoms with van der Waals surface area (Å²) in [6.45, 7) is 2.05. The van der Waals surface area contributed by atoms with Crippen molar-refractivity contribution in [3.05, 3.63) is 35.9 Å². The SMILES string of the molecule is CC[C@@H]1NC(=O)C[C@H](c2ccccc2)NC(=O)[C@H](CO)NC(=O)[C@H]([C@H](C)O)NC(=O)[C@@H]2[C@@H](Cl)[C@@H](Cl)CN2C1=O. The van der Waals surface area contributed by atoms with Crippen LogP contribution in [0.2, 0.25) is 0 Å². The standard InChI is InChI=1S/C25H33Cl2N5O7/c1-3-15-25(39)32-10-14(26)19(27)21(32)24(38)31-20(12(2)34)23(37)30-17(11-33)22(36)29-16(9-18(35)28-15)13-7-5-4-6-8-13/h4-8,12,14-17,19-21,33-34H,3,9-11H2,1-2H3,(H,28,35)(H,29,36)(H,30,37)(H,31,38)/t12-,14-,15-,16+,17-,19-,20-,21-/m0/s1. The number of rotatable bonds is 4. The second-order valence-electron chi connectivity index (χ2n) is 9.57. The molecule has 2 heterocycles. The fraction of sp³-hybridized carbons (Fsp3) is 0.560. The molecule has 0 radical (unpaired) electrons. The van der Waals surface area contributed by atoms with E-state index in [4.69, 9.17) is 23.2 Å². The molecule has 5 amide bonds. The summed E-state index contributed by atoms with van der Waals surface area (Å²) in [5.74, 6) is -3.75. The molecule has 14 heteroatoms. The molecule has 1 aromatic carbocycles. The van der Waals surface area contributed by atoms with Gasteiger partial charge < -0.3 is 36.4 Å². The van der Waals surface area contributed by atoms with Gasteiger partial charge in [-0.15, -0.1) is 23.2 Å². The molecule has 2 aliphatic rings. The Morgan fingerprint density at radius 2 is 1.62 bits per heavy atom. The summed E-state index contributed by atoms with van der Waals surface area (Å²) < 4.78 is 0. The number of amides is 5. The average Bonchev–Trinajstić information content (AvgIpc) is 3.21. The molecule has 0 bridgehead atoms. The highest BCUT2D eigenvalue weighted by atomic mass is 35.5. The van der Waals surface area contributed by atoms with Crippen LogP contribution >= 0.6 is 23.2 Å². The zero-order valence-corrected chi connectivity index (χ0v) is 23.0. The summed E-state index contributed by atoms with van der Waals surface area (Å²) in [5.41, 5.74) is 0.577. The smallest absolute Gasteiger partial charge is 0.245 e. The van der Waals surface area contributed by atoms with Gasteiger partial charge >= 0.3 is 0 Å². The van der Waals surface area contributed by atoms with Crippen LogP contribution in [0.4, 0.5) is 0 Å². The van der Waals surface area contributed by atoms with Crippen LogP contribution in [0.1, 0.15) is 38.3 Å². The van der Waals surface area contributed by atoms with Gasteiger partial charge in [0.1, 0.15) is 24.2 Å². The Kier molecular flexibility index (Phi) is 10.5. The Morgan fingerprint density at radius 1 is 0.949 bits per heavy atom. The lowest BCUT2D eigenvalue weighted by Crippen LogP contribution is -2.62. The number of hydrogen-bond donors (Lipinski definition) is 6. The maximum atomic E-state index is 13.5. The molecule has 39 heavy (non-hydrogen) atoms. The third-order valence-corrected chi connectivity index (χ3v) is 7.81. The number of carbonyl (C=O) groups is 5. The van der Waals surface area contributed by atoms with Crippen LogP contribution in [0.5, 0.6) is 0 Å². The molecule has 3 rings (SSSR count). The number of alkyl halides is 2. The molecule has 2 saturated heterocycles. The first-order valence-electron chi connectivity index (χ1n) is 12.6. The van der Waals surface area contributed by atoms with Crippen LogP contribution in [0.15, 0.2) is 30.3 Å². The van der Waals surface area contributed by atoms with E-state index in [2.05, 4.69) is 21.3 Å². The topological polar surface area (TPSA) is 177 Å². The molecule has 2 aliphatic heterocycles. The van der Waals surface area contributed by atoms with Crippen LogP contribution < -0.4 is 21.3 Å². The quantitative estimate of drug-likeness (QED) is 0.243. The lowest BCUT2D eigenvalue weighted by atomic mass is 10.0. The first-order chi connectivity index (χ1) is 18.5. The Labute approximate surface area is 235 Å². The third-order valence-electron chi connectivity index (χ3n) is 6.73. The number of carbonyl (C=O) groups excluding carboxylic acids is 5. The number of hydrogen-bond acceptors (Lipinski definition) is 7. The molecule has 6 N–H and O–H groups in total. The van der Waals surface area contributed by atoms with Gasteiger partial charge in [-0.3, -0.25) is 24.0 Å². The fourth-order valence-corrected chi connectivity index (χ4v) is 5.19. The number of fused-ring (bicyclic) bond motifs is 1. The van der Waals surface area contributed by atoms with Gasteiger partial charge in [-0.05, 0) is 18.9 Å². The molecule has 8 atom stereocenters. The van der Waals surface area contributed by atoms with Crippen molar-refractivity contribution in [3.8, 4) is 0 Å². The molecular weight excluding hydrogens is 553 g/mol. The Bertz CT molecular complexity index is 1080. The number of nitrogens with zero attached hydrogens (tertiary/aromatic N) is 1. The summed E-state index contributed by atoms with van der Waals surface area (Å²) in [4.78, 5) is 67.1. The lowest BCUT2D eigenvalue weighted by molar-refractivity contribution is -0.143. The molecular formula is C25H33Cl2N5O7. The zero-order valence-electron chi connectivity index (χ0n) is 21.5. The van der Waals surface area contributed by atoms with Crippen molar-refractivity contribution in [2.24, 2.45) is 0 Å². The van der Waals surface area contributed by atoms with E-state index in [9.17, 15) is 34.2 Å². The van der Waals surface area contributed by atoms with Gasteiger partial charge in [-0.1, -0.05) is 37.3 Å². The molecule has 12 nitrogen and oxygen atoms in total. The van der Waals surface area contributed by atoms with E-state index in [0.717, 1.165) is 4.90 Å². The minimum absolute atomic E-state index is 0.0835. The molecule has 0 spiro atoms. The third kappa shape index (κ3) is 7.18. The van der Waals surface area contributed by atoms with Crippen molar-refractivity contribution < 1.29 is 34.2 Å². The minimum Gasteiger partial charge on any atom is -0.394 e. The molecule has 0 aliphatic carbocycles. The predicted octanol–water partition coefficient (Wildman–Crippen LogP) is -1.09. The monoisotopic (exact) mass is 585 g/mol. The lowest BCUT2D eigenvalue weighted by Gasteiger charge is -2.32. The normalized spacial score (nSPS) is 32.0. The fourth-order valence-electron chi connectivity index (χ4n) is 4.57. The number of aliphatic hydroxyl groups is 2. The maximum absolute atomic E-state index is 13.5. The summed E-state index contributed by atoms with van der Waals surface area (Å²) in [6, 6.07) is 2.39. The van der Waals surface area contributed by atoms with Crippen LogP contribution in [0.25, 0.3) is 0 Å². The summed E-state index contributed by atoms with van der Waals surface area (Å²) in [7, 11) is 0. The van der Waals surface area contributed by atoms with E-state index in [1.165, 1.54) is 6.92 Å². The van der Waals surface area contributed by atoms with Crippen LogP contribution in [-0.4, -0.2) is 98.8 Å². The molecule has 0 saturated carbocycles. The predicted molar refractivity (Wildman–Crippen MR) is 142 cm³/mol. The maximum Gasteiger partial charge on any atom is 0.245 e. The molecule has 1 aromatic rings. The second kappa shape index (κ2) is 13.4. The largest absolute Gasteiger partial charge is 0.394 e. The minimum atomic E-state index is -1.55. The first-order valence-corrected chi connectivity index (χ1v) is 13.5. The summed E-state index contributed by atoms with van der Waals surface area (Å²) in [6.07, 6.45) is -1.49. The first kappa shape index (κ1) is 30.6. The number of aliphatic hydroxyl groups excluding tert-OH is 2. The van der Waals surface area contributed by atoms with Crippen molar-refractivity contribution >= 4 is 52.7 Å². The molecule has 2 fully saturated rings. The van der Waals surface area contributed by atoms with Gasteiger partial charge in [0, 0.05) is 6.54 Å². The van der Waals surface area contributed by atoms with Crippen molar-refractivity contribution in [2.45, 2.75) is 73.8 Å². The van der Waals surface area contributed by atoms with Crippen molar-refractivity contribution in [1.29, 1.82) is 0 Å². The summed E-state index contributed by atoms with van der Waals surface area (Å²) >= 11 is 12.7. The highest BCUT2D eigenvalue weighted by Gasteiger charge is 2.48. The summed E-state index contributed by atoms with van der Waals surface area (Å²) in [5, 5.41) is 28.3. The number of nitrogens with one attached hydrogen (secondary N) is 4. The van der Waals surface area contributed by atoms with E-state index >= 15 is 0 Å². The van der Waals surface area contributed by atoms with Gasteiger partial charge in [0.25, 0.3) is 0 Å². The average molecular weight is 586 g/mol. The van der Waals surface area contributed by atoms with Crippen molar-refractivity contribution in [1.82, 2.24) is 26.2 Å². The van der Waals surface area contributed by atoms with Gasteiger partial charge in [0.2, 0.25) is 29.5 Å². The van der Waals surface area contributed by atoms with Crippen LogP contribution in [0, 0.1) is 0 Å². The molecule has 0 aromatic heterocycles. The number of halogens is 2. The molecule has 214 valence electrons. The van der Waals surface area contributed by atoms with E-state index in [0.29, 0.717) is 5.56 Å². The van der Waals surface area contributed by atoms with Crippen LogP contribution in [0.3, 0.4) is 0 Å². The van der Waals surface area contributed by atoms with Gasteiger partial charge in [0.15, 0.2) is 0 Å². The highest BCUT2D eigenvalue weighted by molar-refractivity contribution is 6.32. The van der Waals surface area contributed by atoms with E-state index < -0.39 is 83.2 Å². The zero-order chi connectivity index (χ0) is 28.9. The Balaban J connectivity index is 2.02. The van der Waals surface area contributed by atoms with Crippen LogP contribution in [-0.2, 0) is 24.0 Å². The second-order valence-corrected chi connectivity index (χ2v) is 10.6. The van der Waals surface area contributed by atoms with Gasteiger partial charge in [-0.2, -0.15) is 0 Å². The number of benzene rings is 1. The van der Waals surface area contributed by atoms with E-state index in [1.54, 1.807) is 37.3 Å². The van der Waals surface area contributed by atoms with Crippen molar-refractivity contribution in [3.63, 3.8) is 0 Å². The van der Waals surface area contributed by atoms with Crippen molar-refractivity contribution in [2.75, 3.05) is 13.2 Å². The van der Waals surface area contributed by atoms with E-state index in [1.807, 2.05) is 0 Å². The van der Waals surface area contributed by atoms with Gasteiger partial charge in [0.05, 0.1) is 35.9 Å². The highest BCUT2D eigenvalue weighted by Crippen LogP contribution is 2.29. The Morgan fingerprint density at radius 3 is 2.21 bits per heavy atom. The Hall–Kier alpha value is -2.93.